The zero-order chi connectivity index (χ0) is 20.2. The average molecular weight is 389 g/mol. The number of hydrogen-bond acceptors (Lipinski definition) is 6. The van der Waals surface area contributed by atoms with Gasteiger partial charge >= 0.3 is 11.8 Å². The quantitative estimate of drug-likeness (QED) is 0.542. The minimum Gasteiger partial charge on any atom is -0.347 e. The summed E-state index contributed by atoms with van der Waals surface area (Å²) in [5.41, 5.74) is 2.74. The van der Waals surface area contributed by atoms with E-state index in [0.29, 0.717) is 23.9 Å². The van der Waals surface area contributed by atoms with Crippen molar-refractivity contribution in [3.63, 3.8) is 0 Å². The molecule has 0 atom stereocenters. The van der Waals surface area contributed by atoms with Crippen molar-refractivity contribution in [3.8, 4) is 0 Å². The van der Waals surface area contributed by atoms with Crippen molar-refractivity contribution in [1.29, 1.82) is 0 Å². The first-order chi connectivity index (χ1) is 14.1. The fourth-order valence-corrected chi connectivity index (χ4v) is 2.93. The zero-order valence-corrected chi connectivity index (χ0v) is 15.8. The molecule has 29 heavy (non-hydrogen) atoms. The molecule has 0 aliphatic rings. The molecule has 1 N–H and O–H groups in total. The Kier molecular flexibility index (Phi) is 5.15. The van der Waals surface area contributed by atoms with E-state index in [0.717, 1.165) is 5.56 Å². The highest BCUT2D eigenvalue weighted by molar-refractivity contribution is 5.89. The molecule has 0 fully saturated rings. The van der Waals surface area contributed by atoms with Gasteiger partial charge in [0.2, 0.25) is 0 Å². The summed E-state index contributed by atoms with van der Waals surface area (Å²) in [6, 6.07) is 15.2. The van der Waals surface area contributed by atoms with Crippen LogP contribution in [-0.4, -0.2) is 32.1 Å². The Balaban J connectivity index is 1.39. The maximum absolute atomic E-state index is 12.5. The SMILES string of the molecule is Cc1ccc(CCNC(=O)c2nc(Cn3cnc4ccccc4c3=O)no2)cc1. The number of hydrogen-bond donors (Lipinski definition) is 1. The normalized spacial score (nSPS) is 10.9. The molecule has 2 aromatic heterocycles. The highest BCUT2D eigenvalue weighted by Gasteiger charge is 2.15. The summed E-state index contributed by atoms with van der Waals surface area (Å²) >= 11 is 0. The molecule has 0 spiro atoms. The van der Waals surface area contributed by atoms with Crippen LogP contribution >= 0.6 is 0 Å². The molecule has 8 heteroatoms. The predicted octanol–water partition coefficient (Wildman–Crippen LogP) is 2.11. The van der Waals surface area contributed by atoms with E-state index in [1.165, 1.54) is 16.5 Å². The monoisotopic (exact) mass is 389 g/mol. The number of fused-ring (bicyclic) bond motifs is 1. The minimum atomic E-state index is -0.445. The topological polar surface area (TPSA) is 103 Å². The molecule has 2 heterocycles. The van der Waals surface area contributed by atoms with Crippen molar-refractivity contribution in [2.45, 2.75) is 19.9 Å². The third kappa shape index (κ3) is 4.21. The van der Waals surface area contributed by atoms with E-state index in [-0.39, 0.29) is 23.8 Å². The van der Waals surface area contributed by atoms with Crippen LogP contribution in [0.15, 0.2) is 64.2 Å². The van der Waals surface area contributed by atoms with Crippen LogP contribution in [0.3, 0.4) is 0 Å². The first kappa shape index (κ1) is 18.5. The lowest BCUT2D eigenvalue weighted by molar-refractivity contribution is 0.0910. The lowest BCUT2D eigenvalue weighted by Gasteiger charge is -2.03. The lowest BCUT2D eigenvalue weighted by Crippen LogP contribution is -2.26. The number of nitrogens with zero attached hydrogens (tertiary/aromatic N) is 4. The van der Waals surface area contributed by atoms with E-state index in [1.807, 2.05) is 37.3 Å². The van der Waals surface area contributed by atoms with Gasteiger partial charge in [0.05, 0.1) is 23.8 Å². The van der Waals surface area contributed by atoms with E-state index in [2.05, 4.69) is 20.4 Å². The molecule has 4 rings (SSSR count). The van der Waals surface area contributed by atoms with Gasteiger partial charge in [-0.05, 0) is 31.0 Å². The van der Waals surface area contributed by atoms with Crippen LogP contribution in [0.1, 0.15) is 27.6 Å². The Morgan fingerprint density at radius 1 is 1.14 bits per heavy atom. The molecule has 0 unspecified atom stereocenters. The molecule has 2 aromatic carbocycles. The highest BCUT2D eigenvalue weighted by atomic mass is 16.5. The molecule has 0 radical (unpaired) electrons. The molecule has 4 aromatic rings. The second-order valence-corrected chi connectivity index (χ2v) is 6.70. The summed E-state index contributed by atoms with van der Waals surface area (Å²) in [4.78, 5) is 33.1. The Labute approximate surface area is 166 Å². The fourth-order valence-electron chi connectivity index (χ4n) is 2.93. The number of nitrogens with one attached hydrogen (secondary N) is 1. The van der Waals surface area contributed by atoms with Crippen molar-refractivity contribution in [2.75, 3.05) is 6.54 Å². The Morgan fingerprint density at radius 3 is 2.76 bits per heavy atom. The van der Waals surface area contributed by atoms with Crippen LogP contribution in [0.5, 0.6) is 0 Å². The van der Waals surface area contributed by atoms with E-state index < -0.39 is 5.91 Å². The van der Waals surface area contributed by atoms with Gasteiger partial charge in [0.15, 0.2) is 5.82 Å². The third-order valence-corrected chi connectivity index (χ3v) is 4.53. The van der Waals surface area contributed by atoms with Gasteiger partial charge in [-0.1, -0.05) is 47.1 Å². The Morgan fingerprint density at radius 2 is 1.93 bits per heavy atom. The molecule has 0 aliphatic carbocycles. The van der Waals surface area contributed by atoms with Gasteiger partial charge in [0.1, 0.15) is 0 Å². The largest absolute Gasteiger partial charge is 0.347 e. The fraction of sp³-hybridized carbons (Fsp3) is 0.190. The van der Waals surface area contributed by atoms with Gasteiger partial charge in [0, 0.05) is 6.54 Å². The van der Waals surface area contributed by atoms with Crippen molar-refractivity contribution < 1.29 is 9.32 Å². The first-order valence-corrected chi connectivity index (χ1v) is 9.20. The van der Waals surface area contributed by atoms with Crippen molar-refractivity contribution in [3.05, 3.63) is 88.1 Å². The van der Waals surface area contributed by atoms with Crippen LogP contribution < -0.4 is 10.9 Å². The summed E-state index contributed by atoms with van der Waals surface area (Å²) in [5, 5.41) is 7.06. The number of benzene rings is 2. The van der Waals surface area contributed by atoms with Gasteiger partial charge in [-0.15, -0.1) is 0 Å². The van der Waals surface area contributed by atoms with Crippen LogP contribution in [0.25, 0.3) is 10.9 Å². The molecule has 146 valence electrons. The second kappa shape index (κ2) is 8.05. The summed E-state index contributed by atoms with van der Waals surface area (Å²) in [7, 11) is 0. The molecule has 0 aliphatic heterocycles. The first-order valence-electron chi connectivity index (χ1n) is 9.20. The van der Waals surface area contributed by atoms with Crippen LogP contribution in [0.4, 0.5) is 0 Å². The van der Waals surface area contributed by atoms with Crippen molar-refractivity contribution in [2.24, 2.45) is 0 Å². The van der Waals surface area contributed by atoms with Gasteiger partial charge in [-0.3, -0.25) is 14.2 Å². The predicted molar refractivity (Wildman–Crippen MR) is 107 cm³/mol. The third-order valence-electron chi connectivity index (χ3n) is 4.53. The molecule has 8 nitrogen and oxygen atoms in total. The van der Waals surface area contributed by atoms with Gasteiger partial charge in [0.25, 0.3) is 5.56 Å². The molecular weight excluding hydrogens is 370 g/mol. The van der Waals surface area contributed by atoms with Crippen LogP contribution in [0, 0.1) is 6.92 Å². The number of carbonyl (C=O) groups excluding carboxylic acids is 1. The average Bonchev–Trinajstić information content (AvgIpc) is 3.20. The smallest absolute Gasteiger partial charge is 0.316 e. The van der Waals surface area contributed by atoms with Crippen molar-refractivity contribution >= 4 is 16.8 Å². The maximum Gasteiger partial charge on any atom is 0.316 e. The Hall–Kier alpha value is -3.81. The van der Waals surface area contributed by atoms with Gasteiger partial charge in [-0.2, -0.15) is 4.98 Å². The van der Waals surface area contributed by atoms with E-state index in [1.54, 1.807) is 18.2 Å². The number of aromatic nitrogens is 4. The van der Waals surface area contributed by atoms with Crippen LogP contribution in [0.2, 0.25) is 0 Å². The van der Waals surface area contributed by atoms with Gasteiger partial charge in [-0.25, -0.2) is 4.98 Å². The van der Waals surface area contributed by atoms with E-state index in [4.69, 9.17) is 4.52 Å². The number of para-hydroxylation sites is 1. The number of rotatable bonds is 6. The van der Waals surface area contributed by atoms with E-state index in [9.17, 15) is 9.59 Å². The van der Waals surface area contributed by atoms with Crippen molar-refractivity contribution in [1.82, 2.24) is 25.0 Å². The number of carbonyl (C=O) groups is 1. The molecule has 0 saturated heterocycles. The summed E-state index contributed by atoms with van der Waals surface area (Å²) in [6.45, 7) is 2.55. The number of aryl methyl sites for hydroxylation is 1. The standard InChI is InChI=1S/C21H19N5O3/c1-14-6-8-15(9-7-14)10-11-22-19(27)20-24-18(25-29-20)12-26-13-23-17-5-3-2-4-16(17)21(26)28/h2-9,13H,10-12H2,1H3,(H,22,27). The van der Waals surface area contributed by atoms with E-state index >= 15 is 0 Å². The lowest BCUT2D eigenvalue weighted by atomic mass is 10.1. The summed E-state index contributed by atoms with van der Waals surface area (Å²) < 4.78 is 6.42. The second-order valence-electron chi connectivity index (χ2n) is 6.70. The highest BCUT2D eigenvalue weighted by Crippen LogP contribution is 2.06. The zero-order valence-electron chi connectivity index (χ0n) is 15.8. The molecular formula is C21H19N5O3. The van der Waals surface area contributed by atoms with Gasteiger partial charge < -0.3 is 9.84 Å². The summed E-state index contributed by atoms with van der Waals surface area (Å²) in [5.74, 6) is -0.349. The maximum atomic E-state index is 12.5. The number of amides is 1. The minimum absolute atomic E-state index is 0.0663. The molecule has 0 bridgehead atoms. The molecule has 0 saturated carbocycles. The summed E-state index contributed by atoms with van der Waals surface area (Å²) in [6.07, 6.45) is 2.13. The molecule has 1 amide bonds. The Bertz CT molecular complexity index is 1210. The van der Waals surface area contributed by atoms with Crippen LogP contribution in [-0.2, 0) is 13.0 Å².